The molecule has 0 saturated carbocycles. The summed E-state index contributed by atoms with van der Waals surface area (Å²) in [6, 6.07) is 22.5. The van der Waals surface area contributed by atoms with Gasteiger partial charge in [-0.3, -0.25) is 4.40 Å². The molecule has 0 radical (unpaired) electrons. The Kier molecular flexibility index (Phi) is 6.40. The van der Waals surface area contributed by atoms with Crippen LogP contribution in [-0.4, -0.2) is 9.38 Å². The van der Waals surface area contributed by atoms with Crippen molar-refractivity contribution >= 4 is 27.3 Å². The van der Waals surface area contributed by atoms with Crippen LogP contribution in [0.15, 0.2) is 66.9 Å². The fourth-order valence-electron chi connectivity index (χ4n) is 5.72. The molecule has 0 aliphatic carbocycles. The molecule has 0 N–H and O–H groups in total. The maximum Gasteiger partial charge on any atom is 0.145 e. The van der Waals surface area contributed by atoms with Gasteiger partial charge in [-0.15, -0.1) is 0 Å². The fraction of sp³-hybridized carbons (Fsp3) is 0.364. The summed E-state index contributed by atoms with van der Waals surface area (Å²) in [6.45, 7) is 13.9. The Balaban J connectivity index is 1.94. The SMILES string of the molecule is CCC(C)c1cccc2c3ccccc3n3c(-c4c(CC(C)C)cccc4CC(C)C)cnc3c12. The minimum atomic E-state index is 0.480. The third-order valence-corrected chi connectivity index (χ3v) is 7.41. The quantitative estimate of drug-likeness (QED) is 0.220. The predicted molar refractivity (Wildman–Crippen MR) is 151 cm³/mol. The maximum absolute atomic E-state index is 5.15. The molecule has 0 aliphatic rings. The van der Waals surface area contributed by atoms with Gasteiger partial charge < -0.3 is 0 Å². The molecule has 2 aromatic heterocycles. The van der Waals surface area contributed by atoms with Gasteiger partial charge in [0.25, 0.3) is 0 Å². The molecular formula is C33H38N2. The first-order chi connectivity index (χ1) is 16.9. The van der Waals surface area contributed by atoms with Crippen LogP contribution in [0, 0.1) is 11.8 Å². The molecule has 2 heterocycles. The van der Waals surface area contributed by atoms with Crippen LogP contribution in [-0.2, 0) is 12.8 Å². The Hall–Kier alpha value is -3.13. The molecule has 0 saturated heterocycles. The Morgan fingerprint density at radius 3 is 2.03 bits per heavy atom. The maximum atomic E-state index is 5.15. The molecule has 3 aromatic carbocycles. The number of para-hydroxylation sites is 1. The second-order valence-electron chi connectivity index (χ2n) is 11.0. The second kappa shape index (κ2) is 9.49. The minimum Gasteiger partial charge on any atom is -0.292 e. The van der Waals surface area contributed by atoms with Gasteiger partial charge in [-0.2, -0.15) is 0 Å². The van der Waals surface area contributed by atoms with Crippen molar-refractivity contribution in [3.63, 3.8) is 0 Å². The molecule has 0 spiro atoms. The van der Waals surface area contributed by atoms with Crippen LogP contribution >= 0.6 is 0 Å². The van der Waals surface area contributed by atoms with E-state index in [1.54, 1.807) is 0 Å². The number of benzene rings is 3. The third-order valence-electron chi connectivity index (χ3n) is 7.41. The van der Waals surface area contributed by atoms with Crippen molar-refractivity contribution in [2.24, 2.45) is 11.8 Å². The lowest BCUT2D eigenvalue weighted by molar-refractivity contribution is 0.637. The topological polar surface area (TPSA) is 17.3 Å². The summed E-state index contributed by atoms with van der Waals surface area (Å²) in [5.41, 5.74) is 9.18. The highest BCUT2D eigenvalue weighted by Crippen LogP contribution is 2.39. The largest absolute Gasteiger partial charge is 0.292 e. The lowest BCUT2D eigenvalue weighted by atomic mass is 9.89. The van der Waals surface area contributed by atoms with Gasteiger partial charge >= 0.3 is 0 Å². The highest BCUT2D eigenvalue weighted by molar-refractivity contribution is 6.13. The van der Waals surface area contributed by atoms with E-state index in [1.807, 2.05) is 0 Å². The van der Waals surface area contributed by atoms with Crippen LogP contribution < -0.4 is 0 Å². The monoisotopic (exact) mass is 462 g/mol. The summed E-state index contributed by atoms with van der Waals surface area (Å²) >= 11 is 0. The van der Waals surface area contributed by atoms with E-state index in [4.69, 9.17) is 4.98 Å². The molecule has 0 fully saturated rings. The first kappa shape index (κ1) is 23.6. The number of rotatable bonds is 7. The van der Waals surface area contributed by atoms with Gasteiger partial charge in [0.2, 0.25) is 0 Å². The smallest absolute Gasteiger partial charge is 0.145 e. The summed E-state index contributed by atoms with van der Waals surface area (Å²) in [6.07, 6.45) is 5.38. The molecule has 0 bridgehead atoms. The molecular weight excluding hydrogens is 424 g/mol. The number of nitrogens with zero attached hydrogens (tertiary/aromatic N) is 2. The van der Waals surface area contributed by atoms with Gasteiger partial charge in [0.15, 0.2) is 0 Å². The van der Waals surface area contributed by atoms with Crippen molar-refractivity contribution in [1.29, 1.82) is 0 Å². The van der Waals surface area contributed by atoms with Gasteiger partial charge in [0.05, 0.1) is 17.4 Å². The number of hydrogen-bond donors (Lipinski definition) is 0. The lowest BCUT2D eigenvalue weighted by Crippen LogP contribution is -2.05. The number of aromatic nitrogens is 2. The van der Waals surface area contributed by atoms with Gasteiger partial charge in [0, 0.05) is 16.3 Å². The van der Waals surface area contributed by atoms with E-state index in [0.29, 0.717) is 17.8 Å². The average molecular weight is 463 g/mol. The number of hydrogen-bond acceptors (Lipinski definition) is 1. The highest BCUT2D eigenvalue weighted by Gasteiger charge is 2.21. The van der Waals surface area contributed by atoms with Crippen molar-refractivity contribution in [3.8, 4) is 11.3 Å². The zero-order valence-electron chi connectivity index (χ0n) is 22.1. The van der Waals surface area contributed by atoms with E-state index >= 15 is 0 Å². The Morgan fingerprint density at radius 1 is 0.743 bits per heavy atom. The number of imidazole rings is 1. The first-order valence-corrected chi connectivity index (χ1v) is 13.3. The number of pyridine rings is 1. The van der Waals surface area contributed by atoms with Crippen LogP contribution in [0.5, 0.6) is 0 Å². The Morgan fingerprint density at radius 2 is 1.37 bits per heavy atom. The highest BCUT2D eigenvalue weighted by atomic mass is 15.0. The van der Waals surface area contributed by atoms with Crippen LogP contribution in [0.2, 0.25) is 0 Å². The Labute approximate surface area is 210 Å². The van der Waals surface area contributed by atoms with E-state index in [1.165, 1.54) is 49.6 Å². The summed E-state index contributed by atoms with van der Waals surface area (Å²) in [7, 11) is 0. The zero-order chi connectivity index (χ0) is 24.7. The Bertz CT molecular complexity index is 1470. The van der Waals surface area contributed by atoms with Gasteiger partial charge in [-0.1, -0.05) is 96.1 Å². The fourth-order valence-corrected chi connectivity index (χ4v) is 5.72. The van der Waals surface area contributed by atoms with E-state index in [0.717, 1.165) is 24.9 Å². The van der Waals surface area contributed by atoms with E-state index in [9.17, 15) is 0 Å². The summed E-state index contributed by atoms with van der Waals surface area (Å²) < 4.78 is 2.45. The van der Waals surface area contributed by atoms with E-state index in [2.05, 4.69) is 113 Å². The van der Waals surface area contributed by atoms with E-state index < -0.39 is 0 Å². The molecule has 0 aliphatic heterocycles. The van der Waals surface area contributed by atoms with Crippen molar-refractivity contribution in [2.75, 3.05) is 0 Å². The van der Waals surface area contributed by atoms with Crippen LogP contribution in [0.3, 0.4) is 0 Å². The van der Waals surface area contributed by atoms with Crippen molar-refractivity contribution in [2.45, 2.75) is 66.7 Å². The molecule has 1 unspecified atom stereocenters. The lowest BCUT2D eigenvalue weighted by Gasteiger charge is -2.20. The molecule has 180 valence electrons. The van der Waals surface area contributed by atoms with E-state index in [-0.39, 0.29) is 0 Å². The molecule has 35 heavy (non-hydrogen) atoms. The molecule has 1 atom stereocenters. The zero-order valence-corrected chi connectivity index (χ0v) is 22.1. The van der Waals surface area contributed by atoms with Crippen molar-refractivity contribution in [3.05, 3.63) is 83.6 Å². The normalized spacial score (nSPS) is 13.0. The molecule has 2 heteroatoms. The summed E-state index contributed by atoms with van der Waals surface area (Å²) in [4.78, 5) is 5.15. The predicted octanol–water partition coefficient (Wildman–Crippen LogP) is 9.22. The summed E-state index contributed by atoms with van der Waals surface area (Å²) in [5.74, 6) is 1.67. The summed E-state index contributed by atoms with van der Waals surface area (Å²) in [5, 5.41) is 3.91. The molecule has 5 rings (SSSR count). The minimum absolute atomic E-state index is 0.480. The van der Waals surface area contributed by atoms with Gasteiger partial charge in [-0.05, 0) is 65.2 Å². The van der Waals surface area contributed by atoms with Gasteiger partial charge in [-0.25, -0.2) is 4.98 Å². The molecule has 2 nitrogen and oxygen atoms in total. The standard InChI is InChI=1S/C33H38N2/c1-7-23(6)26-15-11-16-28-27-14-8-9-17-29(27)35-30(20-34-33(35)32(26)28)31-24(18-21(2)3)12-10-13-25(31)19-22(4)5/h8-17,20-23H,7,18-19H2,1-6H3. The van der Waals surface area contributed by atoms with Crippen LogP contribution in [0.25, 0.3) is 38.6 Å². The molecule has 0 amide bonds. The average Bonchev–Trinajstić information content (AvgIpc) is 3.27. The third kappa shape index (κ3) is 4.14. The number of fused-ring (bicyclic) bond motifs is 6. The van der Waals surface area contributed by atoms with Crippen LogP contribution in [0.4, 0.5) is 0 Å². The molecule has 5 aromatic rings. The van der Waals surface area contributed by atoms with Crippen molar-refractivity contribution < 1.29 is 0 Å². The second-order valence-corrected chi connectivity index (χ2v) is 11.0. The van der Waals surface area contributed by atoms with Crippen LogP contribution in [0.1, 0.15) is 70.6 Å². The first-order valence-electron chi connectivity index (χ1n) is 13.3. The van der Waals surface area contributed by atoms with Crippen molar-refractivity contribution in [1.82, 2.24) is 9.38 Å². The van der Waals surface area contributed by atoms with Gasteiger partial charge in [0.1, 0.15) is 5.65 Å².